The predicted molar refractivity (Wildman–Crippen MR) is 120 cm³/mol. The van der Waals surface area contributed by atoms with Gasteiger partial charge >= 0.3 is 0 Å². The predicted octanol–water partition coefficient (Wildman–Crippen LogP) is 4.85. The summed E-state index contributed by atoms with van der Waals surface area (Å²) in [6.45, 7) is 3.75. The number of rotatable bonds is 6. The van der Waals surface area contributed by atoms with E-state index < -0.39 is 0 Å². The molecular weight excluding hydrogens is 420 g/mol. The van der Waals surface area contributed by atoms with Crippen LogP contribution in [0.5, 0.6) is 5.75 Å². The number of amides is 2. The van der Waals surface area contributed by atoms with E-state index in [-0.39, 0.29) is 11.8 Å². The van der Waals surface area contributed by atoms with Crippen molar-refractivity contribution in [1.82, 2.24) is 9.97 Å². The van der Waals surface area contributed by atoms with Crippen LogP contribution in [0.25, 0.3) is 10.2 Å². The molecule has 0 radical (unpaired) electrons. The lowest BCUT2D eigenvalue weighted by atomic mass is 10.2. The second kappa shape index (κ2) is 8.60. The Bertz CT molecular complexity index is 1230. The van der Waals surface area contributed by atoms with Gasteiger partial charge in [-0.1, -0.05) is 17.4 Å². The number of thiazole rings is 2. The molecule has 2 aromatic heterocycles. The summed E-state index contributed by atoms with van der Waals surface area (Å²) in [5.41, 5.74) is 2.78. The number of anilines is 2. The smallest absolute Gasteiger partial charge is 0.257 e. The maximum absolute atomic E-state index is 12.7. The number of carbonyl (C=O) groups is 2. The van der Waals surface area contributed by atoms with E-state index in [9.17, 15) is 9.59 Å². The lowest BCUT2D eigenvalue weighted by Crippen LogP contribution is -2.11. The van der Waals surface area contributed by atoms with E-state index in [1.165, 1.54) is 18.3 Å². The van der Waals surface area contributed by atoms with Crippen molar-refractivity contribution in [1.29, 1.82) is 0 Å². The molecule has 4 aromatic rings. The Balaban J connectivity index is 1.44. The molecule has 0 spiro atoms. The van der Waals surface area contributed by atoms with Gasteiger partial charge in [0.25, 0.3) is 5.91 Å². The highest BCUT2D eigenvalue weighted by Gasteiger charge is 2.12. The lowest BCUT2D eigenvalue weighted by molar-refractivity contribution is -0.114. The molecule has 0 saturated carbocycles. The number of aromatic nitrogens is 2. The van der Waals surface area contributed by atoms with Gasteiger partial charge in [-0.15, -0.1) is 11.3 Å². The first-order chi connectivity index (χ1) is 14.5. The zero-order valence-electron chi connectivity index (χ0n) is 16.3. The lowest BCUT2D eigenvalue weighted by Gasteiger charge is -2.06. The first-order valence-electron chi connectivity index (χ1n) is 9.10. The van der Waals surface area contributed by atoms with Crippen molar-refractivity contribution in [3.8, 4) is 5.75 Å². The van der Waals surface area contributed by atoms with Crippen molar-refractivity contribution < 1.29 is 14.3 Å². The maximum atomic E-state index is 12.7. The standard InChI is InChI=1S/C21H18N4O3S2/c1-12(26)22-15-6-7-18-19(9-15)30-21(24-18)25-20(27)14-4-3-5-17(8-14)28-10-16-11-29-13(2)23-16/h3-9,11H,10H2,1-2H3,(H,22,26)(H,24,25,27). The summed E-state index contributed by atoms with van der Waals surface area (Å²) in [6.07, 6.45) is 0. The average Bonchev–Trinajstić information content (AvgIpc) is 3.31. The van der Waals surface area contributed by atoms with Crippen LogP contribution in [0.4, 0.5) is 10.8 Å². The first-order valence-corrected chi connectivity index (χ1v) is 10.8. The molecule has 152 valence electrons. The van der Waals surface area contributed by atoms with E-state index in [0.717, 1.165) is 20.9 Å². The Kier molecular flexibility index (Phi) is 5.73. The number of ether oxygens (including phenoxy) is 1. The molecule has 0 aliphatic heterocycles. The fraction of sp³-hybridized carbons (Fsp3) is 0.143. The van der Waals surface area contributed by atoms with Crippen LogP contribution in [0.15, 0.2) is 47.8 Å². The van der Waals surface area contributed by atoms with Gasteiger partial charge in [0.05, 0.1) is 20.9 Å². The van der Waals surface area contributed by atoms with Gasteiger partial charge in [0.15, 0.2) is 5.13 Å². The largest absolute Gasteiger partial charge is 0.487 e. The van der Waals surface area contributed by atoms with Gasteiger partial charge in [-0.3, -0.25) is 14.9 Å². The number of nitrogens with one attached hydrogen (secondary N) is 2. The van der Waals surface area contributed by atoms with E-state index in [0.29, 0.717) is 28.7 Å². The molecule has 0 saturated heterocycles. The van der Waals surface area contributed by atoms with E-state index in [2.05, 4.69) is 20.6 Å². The van der Waals surface area contributed by atoms with Crippen molar-refractivity contribution >= 4 is 55.5 Å². The second-order valence-electron chi connectivity index (χ2n) is 6.51. The van der Waals surface area contributed by atoms with Crippen LogP contribution < -0.4 is 15.4 Å². The molecule has 0 atom stereocenters. The highest BCUT2D eigenvalue weighted by Crippen LogP contribution is 2.29. The Hall–Kier alpha value is -3.30. The van der Waals surface area contributed by atoms with Crippen LogP contribution in [0, 0.1) is 6.92 Å². The Morgan fingerprint density at radius 2 is 1.97 bits per heavy atom. The van der Waals surface area contributed by atoms with Gasteiger partial charge in [-0.25, -0.2) is 9.97 Å². The van der Waals surface area contributed by atoms with E-state index in [1.807, 2.05) is 18.4 Å². The van der Waals surface area contributed by atoms with Crippen LogP contribution >= 0.6 is 22.7 Å². The molecule has 0 unspecified atom stereocenters. The van der Waals surface area contributed by atoms with Crippen molar-refractivity contribution in [3.05, 3.63) is 64.1 Å². The third-order valence-corrected chi connectivity index (χ3v) is 5.83. The molecule has 9 heteroatoms. The Morgan fingerprint density at radius 1 is 1.10 bits per heavy atom. The minimum Gasteiger partial charge on any atom is -0.487 e. The van der Waals surface area contributed by atoms with Crippen molar-refractivity contribution in [2.75, 3.05) is 10.6 Å². The molecule has 2 N–H and O–H groups in total. The molecule has 7 nitrogen and oxygen atoms in total. The van der Waals surface area contributed by atoms with Gasteiger partial charge in [0.1, 0.15) is 12.4 Å². The number of hydrogen-bond donors (Lipinski definition) is 2. The normalized spacial score (nSPS) is 10.7. The molecule has 0 aliphatic rings. The molecule has 0 bridgehead atoms. The number of benzene rings is 2. The van der Waals surface area contributed by atoms with Gasteiger partial charge in [0, 0.05) is 23.6 Å². The highest BCUT2D eigenvalue weighted by atomic mass is 32.1. The quantitative estimate of drug-likeness (QED) is 0.449. The number of aryl methyl sites for hydroxylation is 1. The Morgan fingerprint density at radius 3 is 2.73 bits per heavy atom. The summed E-state index contributed by atoms with van der Waals surface area (Å²) in [5, 5.41) is 8.99. The van der Waals surface area contributed by atoms with E-state index in [1.54, 1.807) is 47.7 Å². The van der Waals surface area contributed by atoms with Crippen LogP contribution in [0.1, 0.15) is 28.0 Å². The zero-order chi connectivity index (χ0) is 21.1. The fourth-order valence-electron chi connectivity index (χ4n) is 2.79. The minimum absolute atomic E-state index is 0.139. The van der Waals surface area contributed by atoms with Crippen LogP contribution in [0.3, 0.4) is 0 Å². The Labute approximate surface area is 180 Å². The van der Waals surface area contributed by atoms with Crippen LogP contribution in [0.2, 0.25) is 0 Å². The molecule has 30 heavy (non-hydrogen) atoms. The van der Waals surface area contributed by atoms with E-state index in [4.69, 9.17) is 4.74 Å². The molecule has 0 aliphatic carbocycles. The van der Waals surface area contributed by atoms with Gasteiger partial charge < -0.3 is 10.1 Å². The molecule has 2 amide bonds. The van der Waals surface area contributed by atoms with E-state index >= 15 is 0 Å². The third kappa shape index (κ3) is 4.81. The van der Waals surface area contributed by atoms with Crippen molar-refractivity contribution in [2.24, 2.45) is 0 Å². The molecule has 4 rings (SSSR count). The summed E-state index contributed by atoms with van der Waals surface area (Å²) in [4.78, 5) is 32.7. The SMILES string of the molecule is CC(=O)Nc1ccc2nc(NC(=O)c3cccc(OCc4csc(C)n4)c3)sc2c1. The second-order valence-corrected chi connectivity index (χ2v) is 8.60. The third-order valence-electron chi connectivity index (χ3n) is 4.08. The molecule has 2 heterocycles. The fourth-order valence-corrected chi connectivity index (χ4v) is 4.28. The van der Waals surface area contributed by atoms with Crippen LogP contribution in [-0.2, 0) is 11.4 Å². The number of fused-ring (bicyclic) bond motifs is 1. The van der Waals surface area contributed by atoms with Crippen LogP contribution in [-0.4, -0.2) is 21.8 Å². The molecule has 0 fully saturated rings. The molecule has 2 aromatic carbocycles. The molecular formula is C21H18N4O3S2. The summed E-state index contributed by atoms with van der Waals surface area (Å²) < 4.78 is 6.62. The minimum atomic E-state index is -0.272. The number of hydrogen-bond acceptors (Lipinski definition) is 7. The average molecular weight is 439 g/mol. The number of carbonyl (C=O) groups excluding carboxylic acids is 2. The van der Waals surface area contributed by atoms with Gasteiger partial charge in [-0.2, -0.15) is 0 Å². The summed E-state index contributed by atoms with van der Waals surface area (Å²) in [7, 11) is 0. The highest BCUT2D eigenvalue weighted by molar-refractivity contribution is 7.22. The van der Waals surface area contributed by atoms with Crippen molar-refractivity contribution in [2.45, 2.75) is 20.5 Å². The summed E-state index contributed by atoms with van der Waals surface area (Å²) >= 11 is 2.92. The van der Waals surface area contributed by atoms with Gasteiger partial charge in [0.2, 0.25) is 5.91 Å². The maximum Gasteiger partial charge on any atom is 0.257 e. The zero-order valence-corrected chi connectivity index (χ0v) is 17.9. The topological polar surface area (TPSA) is 93.2 Å². The first kappa shape index (κ1) is 20.0. The monoisotopic (exact) mass is 438 g/mol. The number of nitrogens with zero attached hydrogens (tertiary/aromatic N) is 2. The summed E-state index contributed by atoms with van der Waals surface area (Å²) in [6, 6.07) is 12.4. The van der Waals surface area contributed by atoms with Crippen molar-refractivity contribution in [3.63, 3.8) is 0 Å². The van der Waals surface area contributed by atoms with Gasteiger partial charge in [-0.05, 0) is 43.3 Å². The summed E-state index contributed by atoms with van der Waals surface area (Å²) in [5.74, 6) is 0.183.